The Morgan fingerprint density at radius 2 is 2.06 bits per heavy atom. The average molecular weight is 228 g/mol. The van der Waals surface area contributed by atoms with Crippen LogP contribution in [0.15, 0.2) is 0 Å². The Bertz CT molecular complexity index is 334. The molecule has 6 heteroatoms. The van der Waals surface area contributed by atoms with Gasteiger partial charge >= 0.3 is 0 Å². The van der Waals surface area contributed by atoms with E-state index in [-0.39, 0.29) is 13.2 Å². The van der Waals surface area contributed by atoms with E-state index in [2.05, 4.69) is 17.3 Å². The number of nitrogens with zero attached hydrogens (tertiary/aromatic N) is 2. The first-order valence-electron chi connectivity index (χ1n) is 5.43. The second kappa shape index (κ2) is 5.72. The topological polar surface area (TPSA) is 96.3 Å². The maximum atomic E-state index is 8.99. The smallest absolute Gasteiger partial charge is 0.148 e. The van der Waals surface area contributed by atoms with Crippen LogP contribution in [0, 0.1) is 0 Å². The van der Waals surface area contributed by atoms with Gasteiger partial charge < -0.3 is 21.3 Å². The van der Waals surface area contributed by atoms with Gasteiger partial charge in [-0.25, -0.2) is 0 Å². The van der Waals surface area contributed by atoms with Crippen LogP contribution in [0.4, 0.5) is 11.5 Å². The lowest BCUT2D eigenvalue weighted by atomic mass is 10.2. The van der Waals surface area contributed by atoms with E-state index in [1.165, 1.54) is 0 Å². The Kier molecular flexibility index (Phi) is 4.57. The van der Waals surface area contributed by atoms with Gasteiger partial charge in [0, 0.05) is 7.05 Å². The molecular weight excluding hydrogens is 208 g/mol. The van der Waals surface area contributed by atoms with E-state index in [1.807, 2.05) is 0 Å². The van der Waals surface area contributed by atoms with Gasteiger partial charge in [-0.15, -0.1) is 0 Å². The quantitative estimate of drug-likeness (QED) is 0.537. The highest BCUT2D eigenvalue weighted by atomic mass is 16.3. The number of aryl methyl sites for hydroxylation is 2. The molecule has 0 aliphatic heterocycles. The summed E-state index contributed by atoms with van der Waals surface area (Å²) in [7, 11) is 1.78. The largest absolute Gasteiger partial charge is 0.394 e. The highest BCUT2D eigenvalue weighted by molar-refractivity contribution is 5.65. The number of anilines is 2. The highest BCUT2D eigenvalue weighted by Gasteiger charge is 2.15. The fourth-order valence-corrected chi connectivity index (χ4v) is 1.53. The van der Waals surface area contributed by atoms with Gasteiger partial charge in [-0.1, -0.05) is 13.3 Å². The van der Waals surface area contributed by atoms with E-state index in [4.69, 9.17) is 15.9 Å². The minimum Gasteiger partial charge on any atom is -0.394 e. The van der Waals surface area contributed by atoms with Crippen molar-refractivity contribution in [3.8, 4) is 0 Å². The molecule has 0 saturated heterocycles. The van der Waals surface area contributed by atoms with Crippen molar-refractivity contribution in [2.75, 3.05) is 24.3 Å². The third kappa shape index (κ3) is 2.65. The van der Waals surface area contributed by atoms with Crippen molar-refractivity contribution >= 4 is 11.5 Å². The van der Waals surface area contributed by atoms with E-state index in [0.29, 0.717) is 11.5 Å². The zero-order valence-corrected chi connectivity index (χ0v) is 9.77. The Hall–Kier alpha value is -1.27. The first-order chi connectivity index (χ1) is 7.63. The van der Waals surface area contributed by atoms with Crippen molar-refractivity contribution < 1.29 is 10.2 Å². The summed E-state index contributed by atoms with van der Waals surface area (Å²) in [6.45, 7) is 1.76. The first-order valence-corrected chi connectivity index (χ1v) is 5.43. The molecule has 0 bridgehead atoms. The van der Waals surface area contributed by atoms with Crippen molar-refractivity contribution in [1.82, 2.24) is 9.78 Å². The standard InChI is InChI=1S/C10H20N4O2/c1-3-4-8-9(11)10(14(2)13-8)12-7(5-15)6-16/h7,12,15-16H,3-6,11H2,1-2H3. The van der Waals surface area contributed by atoms with Crippen LogP contribution in [-0.2, 0) is 13.5 Å². The van der Waals surface area contributed by atoms with Crippen LogP contribution < -0.4 is 11.1 Å². The summed E-state index contributed by atoms with van der Waals surface area (Å²) < 4.78 is 1.64. The van der Waals surface area contributed by atoms with Crippen LogP contribution in [0.2, 0.25) is 0 Å². The maximum absolute atomic E-state index is 8.99. The molecule has 0 aromatic carbocycles. The number of nitrogens with one attached hydrogen (secondary N) is 1. The third-order valence-corrected chi connectivity index (χ3v) is 2.43. The second-order valence-corrected chi connectivity index (χ2v) is 3.79. The zero-order chi connectivity index (χ0) is 12.1. The predicted molar refractivity (Wildman–Crippen MR) is 63.2 cm³/mol. The number of aliphatic hydroxyl groups excluding tert-OH is 2. The van der Waals surface area contributed by atoms with Crippen LogP contribution in [0.5, 0.6) is 0 Å². The van der Waals surface area contributed by atoms with Crippen LogP contribution in [0.3, 0.4) is 0 Å². The molecule has 0 saturated carbocycles. The lowest BCUT2D eigenvalue weighted by Crippen LogP contribution is -2.29. The molecule has 92 valence electrons. The first kappa shape index (κ1) is 12.8. The molecule has 0 aliphatic carbocycles. The molecule has 0 spiro atoms. The minimum atomic E-state index is -0.410. The SMILES string of the molecule is CCCc1nn(C)c(NC(CO)CO)c1N. The molecular formula is C10H20N4O2. The van der Waals surface area contributed by atoms with Gasteiger partial charge in [0.25, 0.3) is 0 Å². The molecule has 6 nitrogen and oxygen atoms in total. The van der Waals surface area contributed by atoms with Gasteiger partial charge in [-0.3, -0.25) is 4.68 Å². The summed E-state index contributed by atoms with van der Waals surface area (Å²) in [6.07, 6.45) is 1.80. The second-order valence-electron chi connectivity index (χ2n) is 3.79. The van der Waals surface area contributed by atoms with Crippen molar-refractivity contribution in [3.05, 3.63) is 5.69 Å². The molecule has 1 aromatic rings. The van der Waals surface area contributed by atoms with Crippen LogP contribution >= 0.6 is 0 Å². The van der Waals surface area contributed by atoms with E-state index in [0.717, 1.165) is 18.5 Å². The molecule has 16 heavy (non-hydrogen) atoms. The van der Waals surface area contributed by atoms with Crippen molar-refractivity contribution in [2.24, 2.45) is 7.05 Å². The van der Waals surface area contributed by atoms with Crippen LogP contribution in [0.25, 0.3) is 0 Å². The number of nitrogens with two attached hydrogens (primary N) is 1. The van der Waals surface area contributed by atoms with Gasteiger partial charge in [-0.05, 0) is 6.42 Å². The highest BCUT2D eigenvalue weighted by Crippen LogP contribution is 2.23. The van der Waals surface area contributed by atoms with Crippen LogP contribution in [-0.4, -0.2) is 39.2 Å². The summed E-state index contributed by atoms with van der Waals surface area (Å²) >= 11 is 0. The molecule has 1 aromatic heterocycles. The Labute approximate surface area is 95.1 Å². The third-order valence-electron chi connectivity index (χ3n) is 2.43. The van der Waals surface area contributed by atoms with E-state index in [1.54, 1.807) is 11.7 Å². The average Bonchev–Trinajstić information content (AvgIpc) is 2.53. The summed E-state index contributed by atoms with van der Waals surface area (Å²) in [5, 5.41) is 25.2. The molecule has 0 unspecified atom stereocenters. The molecule has 0 atom stereocenters. The van der Waals surface area contributed by atoms with E-state index < -0.39 is 6.04 Å². The number of hydrogen-bond acceptors (Lipinski definition) is 5. The molecule has 1 rings (SSSR count). The van der Waals surface area contributed by atoms with Crippen molar-refractivity contribution in [2.45, 2.75) is 25.8 Å². The fourth-order valence-electron chi connectivity index (χ4n) is 1.53. The number of nitrogen functional groups attached to an aromatic ring is 1. The molecule has 0 aliphatic rings. The zero-order valence-electron chi connectivity index (χ0n) is 9.77. The van der Waals surface area contributed by atoms with Gasteiger partial charge in [-0.2, -0.15) is 5.10 Å². The molecule has 1 heterocycles. The lowest BCUT2D eigenvalue weighted by Gasteiger charge is -2.15. The molecule has 0 fully saturated rings. The van der Waals surface area contributed by atoms with Crippen LogP contribution in [0.1, 0.15) is 19.0 Å². The predicted octanol–water partition coefficient (Wildman–Crippen LogP) is -0.280. The monoisotopic (exact) mass is 228 g/mol. The van der Waals surface area contributed by atoms with E-state index >= 15 is 0 Å². The van der Waals surface area contributed by atoms with Gasteiger partial charge in [0.1, 0.15) is 5.82 Å². The van der Waals surface area contributed by atoms with Gasteiger partial charge in [0.15, 0.2) is 0 Å². The number of aliphatic hydroxyl groups is 2. The number of hydrogen-bond donors (Lipinski definition) is 4. The maximum Gasteiger partial charge on any atom is 0.148 e. The normalized spacial score (nSPS) is 11.1. The molecule has 5 N–H and O–H groups in total. The van der Waals surface area contributed by atoms with Gasteiger partial charge in [0.2, 0.25) is 0 Å². The lowest BCUT2D eigenvalue weighted by molar-refractivity contribution is 0.203. The van der Waals surface area contributed by atoms with Crippen molar-refractivity contribution in [3.63, 3.8) is 0 Å². The summed E-state index contributed by atoms with van der Waals surface area (Å²) in [5.41, 5.74) is 7.38. The Balaban J connectivity index is 2.86. The fraction of sp³-hybridized carbons (Fsp3) is 0.700. The summed E-state index contributed by atoms with van der Waals surface area (Å²) in [6, 6.07) is -0.410. The molecule has 0 radical (unpaired) electrons. The van der Waals surface area contributed by atoms with Gasteiger partial charge in [0.05, 0.1) is 30.6 Å². The summed E-state index contributed by atoms with van der Waals surface area (Å²) in [4.78, 5) is 0. The number of aromatic nitrogens is 2. The van der Waals surface area contributed by atoms with E-state index in [9.17, 15) is 0 Å². The summed E-state index contributed by atoms with van der Waals surface area (Å²) in [5.74, 6) is 0.650. The molecule has 0 amide bonds. The minimum absolute atomic E-state index is 0.149. The number of rotatable bonds is 6. The Morgan fingerprint density at radius 1 is 1.44 bits per heavy atom. The van der Waals surface area contributed by atoms with Crippen molar-refractivity contribution in [1.29, 1.82) is 0 Å². The Morgan fingerprint density at radius 3 is 2.56 bits per heavy atom.